The van der Waals surface area contributed by atoms with Crippen LogP contribution in [0.2, 0.25) is 0 Å². The molecule has 16 heavy (non-hydrogen) atoms. The molecule has 4 nitrogen and oxygen atoms in total. The molecule has 0 heterocycles. The van der Waals surface area contributed by atoms with Gasteiger partial charge < -0.3 is 5.32 Å². The second-order valence-electron chi connectivity index (χ2n) is 5.42. The van der Waals surface area contributed by atoms with Gasteiger partial charge in [0.05, 0.1) is 5.75 Å². The first-order valence-corrected chi connectivity index (χ1v) is 7.76. The van der Waals surface area contributed by atoms with Crippen molar-refractivity contribution in [2.45, 2.75) is 51.1 Å². The standard InChI is InChI=1S/C11H21NO3S/c1-8(4-5-16(13,14)15)12-11-7-9-2-3-10(11)6-9/h8-12H,2-7H2,1H3,(H,13,14,15). The highest BCUT2D eigenvalue weighted by Crippen LogP contribution is 2.44. The summed E-state index contributed by atoms with van der Waals surface area (Å²) in [7, 11) is -3.80. The quantitative estimate of drug-likeness (QED) is 0.721. The van der Waals surface area contributed by atoms with E-state index in [1.165, 1.54) is 25.7 Å². The molecule has 0 aromatic rings. The normalized spacial score (nSPS) is 35.5. The zero-order valence-corrected chi connectivity index (χ0v) is 10.5. The molecule has 2 fully saturated rings. The van der Waals surface area contributed by atoms with E-state index in [0.717, 1.165) is 11.8 Å². The summed E-state index contributed by atoms with van der Waals surface area (Å²) in [5, 5.41) is 3.51. The van der Waals surface area contributed by atoms with Crippen LogP contribution in [0.15, 0.2) is 0 Å². The van der Waals surface area contributed by atoms with E-state index in [9.17, 15) is 8.42 Å². The second-order valence-corrected chi connectivity index (χ2v) is 7.00. The van der Waals surface area contributed by atoms with Crippen molar-refractivity contribution >= 4 is 10.1 Å². The third kappa shape index (κ3) is 3.18. The molecule has 0 amide bonds. The van der Waals surface area contributed by atoms with Gasteiger partial charge in [-0.25, -0.2) is 0 Å². The average molecular weight is 247 g/mol. The molecule has 0 saturated heterocycles. The van der Waals surface area contributed by atoms with Crippen molar-refractivity contribution in [3.63, 3.8) is 0 Å². The summed E-state index contributed by atoms with van der Waals surface area (Å²) in [4.78, 5) is 0. The van der Waals surface area contributed by atoms with Gasteiger partial charge in [0, 0.05) is 12.1 Å². The molecule has 5 heteroatoms. The zero-order valence-electron chi connectivity index (χ0n) is 9.72. The lowest BCUT2D eigenvalue weighted by Crippen LogP contribution is -2.40. The van der Waals surface area contributed by atoms with E-state index in [1.54, 1.807) is 0 Å². The van der Waals surface area contributed by atoms with Crippen molar-refractivity contribution in [3.05, 3.63) is 0 Å². The maximum absolute atomic E-state index is 10.6. The van der Waals surface area contributed by atoms with Crippen molar-refractivity contribution in [2.75, 3.05) is 5.75 Å². The molecule has 0 radical (unpaired) electrons. The molecule has 2 bridgehead atoms. The van der Waals surface area contributed by atoms with Crippen molar-refractivity contribution in [3.8, 4) is 0 Å². The maximum Gasteiger partial charge on any atom is 0.264 e. The fourth-order valence-electron chi connectivity index (χ4n) is 3.22. The topological polar surface area (TPSA) is 66.4 Å². The highest BCUT2D eigenvalue weighted by molar-refractivity contribution is 7.85. The Morgan fingerprint density at radius 1 is 1.38 bits per heavy atom. The fourth-order valence-corrected chi connectivity index (χ4v) is 3.87. The summed E-state index contributed by atoms with van der Waals surface area (Å²) in [5.74, 6) is 1.57. The molecule has 2 N–H and O–H groups in total. The largest absolute Gasteiger partial charge is 0.311 e. The Kier molecular flexibility index (Phi) is 3.56. The molecule has 0 spiro atoms. The first kappa shape index (κ1) is 12.3. The van der Waals surface area contributed by atoms with Gasteiger partial charge in [-0.15, -0.1) is 0 Å². The van der Waals surface area contributed by atoms with Crippen molar-refractivity contribution < 1.29 is 13.0 Å². The molecule has 4 atom stereocenters. The van der Waals surface area contributed by atoms with Crippen LogP contribution in [0.5, 0.6) is 0 Å². The first-order valence-electron chi connectivity index (χ1n) is 6.15. The van der Waals surface area contributed by atoms with Gasteiger partial charge in [0.15, 0.2) is 0 Å². The Labute approximate surface area is 97.6 Å². The van der Waals surface area contributed by atoms with Crippen LogP contribution in [0.25, 0.3) is 0 Å². The van der Waals surface area contributed by atoms with Gasteiger partial charge in [0.2, 0.25) is 0 Å². The van der Waals surface area contributed by atoms with E-state index in [0.29, 0.717) is 12.5 Å². The lowest BCUT2D eigenvalue weighted by molar-refractivity contribution is 0.321. The van der Waals surface area contributed by atoms with Crippen molar-refractivity contribution in [2.24, 2.45) is 11.8 Å². The highest BCUT2D eigenvalue weighted by atomic mass is 32.2. The predicted octanol–water partition coefficient (Wildman–Crippen LogP) is 1.43. The van der Waals surface area contributed by atoms with Gasteiger partial charge in [-0.05, 0) is 44.4 Å². The lowest BCUT2D eigenvalue weighted by atomic mass is 9.94. The molecule has 94 valence electrons. The van der Waals surface area contributed by atoms with Crippen LogP contribution in [0.4, 0.5) is 0 Å². The van der Waals surface area contributed by atoms with E-state index >= 15 is 0 Å². The Bertz CT molecular complexity index is 341. The SMILES string of the molecule is CC(CCS(=O)(=O)O)NC1CC2CCC1C2. The minimum absolute atomic E-state index is 0.137. The Balaban J connectivity index is 1.73. The van der Waals surface area contributed by atoms with E-state index < -0.39 is 10.1 Å². The number of hydrogen-bond donors (Lipinski definition) is 2. The molecule has 2 aliphatic carbocycles. The molecule has 2 rings (SSSR count). The third-order valence-electron chi connectivity index (χ3n) is 4.05. The monoisotopic (exact) mass is 247 g/mol. The van der Waals surface area contributed by atoms with Crippen LogP contribution >= 0.6 is 0 Å². The van der Waals surface area contributed by atoms with Crippen LogP contribution < -0.4 is 5.32 Å². The minimum Gasteiger partial charge on any atom is -0.311 e. The summed E-state index contributed by atoms with van der Waals surface area (Å²) < 4.78 is 29.9. The zero-order chi connectivity index (χ0) is 11.8. The highest BCUT2D eigenvalue weighted by Gasteiger charge is 2.39. The van der Waals surface area contributed by atoms with Crippen LogP contribution in [-0.2, 0) is 10.1 Å². The van der Waals surface area contributed by atoms with E-state index in [2.05, 4.69) is 5.32 Å². The third-order valence-corrected chi connectivity index (χ3v) is 4.80. The van der Waals surface area contributed by atoms with Gasteiger partial charge >= 0.3 is 0 Å². The molecular formula is C11H21NO3S. The maximum atomic E-state index is 10.6. The van der Waals surface area contributed by atoms with Crippen molar-refractivity contribution in [1.29, 1.82) is 0 Å². The summed E-state index contributed by atoms with van der Waals surface area (Å²) in [6.45, 7) is 2.00. The van der Waals surface area contributed by atoms with E-state index in [4.69, 9.17) is 4.55 Å². The van der Waals surface area contributed by atoms with Gasteiger partial charge in [-0.1, -0.05) is 6.42 Å². The van der Waals surface area contributed by atoms with E-state index in [-0.39, 0.29) is 11.8 Å². The minimum atomic E-state index is -3.80. The Hall–Kier alpha value is -0.130. The van der Waals surface area contributed by atoms with Gasteiger partial charge in [-0.2, -0.15) is 8.42 Å². The average Bonchev–Trinajstić information content (AvgIpc) is 2.75. The molecule has 0 aromatic heterocycles. The van der Waals surface area contributed by atoms with Gasteiger partial charge in [-0.3, -0.25) is 4.55 Å². The number of nitrogens with one attached hydrogen (secondary N) is 1. The Morgan fingerprint density at radius 3 is 2.62 bits per heavy atom. The van der Waals surface area contributed by atoms with Crippen LogP contribution in [0.1, 0.15) is 39.0 Å². The van der Waals surface area contributed by atoms with Crippen LogP contribution in [-0.4, -0.2) is 30.8 Å². The van der Waals surface area contributed by atoms with Crippen LogP contribution in [0.3, 0.4) is 0 Å². The summed E-state index contributed by atoms with van der Waals surface area (Å²) in [6.07, 6.45) is 5.80. The number of fused-ring (bicyclic) bond motifs is 2. The summed E-state index contributed by atoms with van der Waals surface area (Å²) in [5.41, 5.74) is 0. The number of rotatable bonds is 5. The van der Waals surface area contributed by atoms with Gasteiger partial charge in [0.25, 0.3) is 10.1 Å². The molecule has 0 aliphatic heterocycles. The first-order chi connectivity index (χ1) is 7.44. The van der Waals surface area contributed by atoms with Crippen molar-refractivity contribution in [1.82, 2.24) is 5.32 Å². The van der Waals surface area contributed by atoms with E-state index in [1.807, 2.05) is 6.92 Å². The smallest absolute Gasteiger partial charge is 0.264 e. The van der Waals surface area contributed by atoms with Gasteiger partial charge in [0.1, 0.15) is 0 Å². The number of hydrogen-bond acceptors (Lipinski definition) is 3. The molecular weight excluding hydrogens is 226 g/mol. The summed E-state index contributed by atoms with van der Waals surface area (Å²) >= 11 is 0. The summed E-state index contributed by atoms with van der Waals surface area (Å²) in [6, 6.07) is 0.751. The second kappa shape index (κ2) is 4.63. The molecule has 2 saturated carbocycles. The molecule has 4 unspecified atom stereocenters. The predicted molar refractivity (Wildman–Crippen MR) is 62.9 cm³/mol. The molecule has 2 aliphatic rings. The lowest BCUT2D eigenvalue weighted by Gasteiger charge is -2.26. The Morgan fingerprint density at radius 2 is 2.12 bits per heavy atom. The molecule has 0 aromatic carbocycles. The van der Waals surface area contributed by atoms with Crippen LogP contribution in [0, 0.1) is 11.8 Å². The fraction of sp³-hybridized carbons (Fsp3) is 1.00.